The Hall–Kier alpha value is -1.77. The van der Waals surface area contributed by atoms with Crippen molar-refractivity contribution in [3.8, 4) is 5.88 Å². The van der Waals surface area contributed by atoms with E-state index in [1.807, 2.05) is 18.2 Å². The second-order valence-corrected chi connectivity index (χ2v) is 2.98. The topological polar surface area (TPSA) is 26.5 Å². The molecule has 0 bridgehead atoms. The molecule has 0 aromatic carbocycles. The first-order valence-electron chi connectivity index (χ1n) is 4.14. The number of pyridine rings is 1. The molecule has 13 heavy (non-hydrogen) atoms. The molecule has 0 saturated carbocycles. The maximum atomic E-state index is 5.17. The highest BCUT2D eigenvalue weighted by atomic mass is 16.5. The smallest absolute Gasteiger partial charge is 0.240 e. The lowest BCUT2D eigenvalue weighted by Gasteiger charge is -1.95. The lowest BCUT2D eigenvalue weighted by atomic mass is 10.3. The molecule has 3 rings (SSSR count). The van der Waals surface area contributed by atoms with E-state index in [2.05, 4.69) is 21.5 Å². The van der Waals surface area contributed by atoms with Crippen LogP contribution in [-0.4, -0.2) is 16.5 Å². The van der Waals surface area contributed by atoms with Gasteiger partial charge in [0.2, 0.25) is 5.88 Å². The number of hydrogen-bond acceptors (Lipinski definition) is 2. The Balaban J connectivity index is 2.61. The van der Waals surface area contributed by atoms with Crippen LogP contribution in [0.5, 0.6) is 5.88 Å². The molecule has 0 spiro atoms. The average molecular weight is 172 g/mol. The van der Waals surface area contributed by atoms with Gasteiger partial charge in [-0.05, 0) is 24.3 Å². The van der Waals surface area contributed by atoms with Crippen molar-refractivity contribution in [3.05, 3.63) is 30.3 Å². The van der Waals surface area contributed by atoms with E-state index in [9.17, 15) is 0 Å². The number of rotatable bonds is 1. The fourth-order valence-corrected chi connectivity index (χ4v) is 1.71. The van der Waals surface area contributed by atoms with Gasteiger partial charge in [-0.3, -0.25) is 4.40 Å². The summed E-state index contributed by atoms with van der Waals surface area (Å²) in [6.07, 6.45) is 0. The first-order valence-corrected chi connectivity index (χ1v) is 4.14. The molecule has 0 N–H and O–H groups in total. The molecule has 3 aromatic heterocycles. The van der Waals surface area contributed by atoms with Crippen LogP contribution < -0.4 is 4.74 Å². The zero-order valence-corrected chi connectivity index (χ0v) is 7.19. The van der Waals surface area contributed by atoms with Gasteiger partial charge < -0.3 is 4.74 Å². The minimum Gasteiger partial charge on any atom is -0.479 e. The van der Waals surface area contributed by atoms with Crippen LogP contribution in [0.2, 0.25) is 0 Å². The van der Waals surface area contributed by atoms with E-state index < -0.39 is 0 Å². The number of aromatic nitrogens is 2. The summed E-state index contributed by atoms with van der Waals surface area (Å²) in [5.41, 5.74) is 3.13. The van der Waals surface area contributed by atoms with E-state index in [-0.39, 0.29) is 0 Å². The van der Waals surface area contributed by atoms with Crippen LogP contribution in [0, 0.1) is 0 Å². The van der Waals surface area contributed by atoms with E-state index in [1.54, 1.807) is 7.11 Å². The van der Waals surface area contributed by atoms with Crippen LogP contribution in [0.1, 0.15) is 0 Å². The zero-order chi connectivity index (χ0) is 8.84. The SMILES string of the molecule is COc1nc2ccc3cccc1n32. The van der Waals surface area contributed by atoms with Gasteiger partial charge in [0.1, 0.15) is 11.2 Å². The largest absolute Gasteiger partial charge is 0.479 e. The second-order valence-electron chi connectivity index (χ2n) is 2.98. The van der Waals surface area contributed by atoms with Gasteiger partial charge in [0.05, 0.1) is 7.11 Å². The molecule has 3 aromatic rings. The van der Waals surface area contributed by atoms with Gasteiger partial charge in [0, 0.05) is 5.52 Å². The van der Waals surface area contributed by atoms with Gasteiger partial charge in [-0.2, -0.15) is 4.98 Å². The molecule has 64 valence electrons. The number of nitrogens with zero attached hydrogens (tertiary/aromatic N) is 2. The summed E-state index contributed by atoms with van der Waals surface area (Å²) >= 11 is 0. The molecular weight excluding hydrogens is 164 g/mol. The van der Waals surface area contributed by atoms with Crippen molar-refractivity contribution in [3.63, 3.8) is 0 Å². The van der Waals surface area contributed by atoms with Gasteiger partial charge >= 0.3 is 0 Å². The third-order valence-electron chi connectivity index (χ3n) is 2.28. The van der Waals surface area contributed by atoms with Crippen LogP contribution >= 0.6 is 0 Å². The van der Waals surface area contributed by atoms with Crippen molar-refractivity contribution in [2.75, 3.05) is 7.11 Å². The highest BCUT2D eigenvalue weighted by Gasteiger charge is 2.09. The first kappa shape index (κ1) is 6.71. The minimum atomic E-state index is 0.696. The Morgan fingerprint density at radius 2 is 2.15 bits per heavy atom. The molecule has 0 aliphatic heterocycles. The predicted molar refractivity (Wildman–Crippen MR) is 50.4 cm³/mol. The van der Waals surface area contributed by atoms with Crippen molar-refractivity contribution in [1.82, 2.24) is 9.38 Å². The van der Waals surface area contributed by atoms with E-state index in [0.29, 0.717) is 5.88 Å². The molecule has 0 saturated heterocycles. The molecule has 3 heteroatoms. The summed E-state index contributed by atoms with van der Waals surface area (Å²) in [7, 11) is 1.64. The van der Waals surface area contributed by atoms with Gasteiger partial charge in [-0.1, -0.05) is 6.07 Å². The number of ether oxygens (including phenoxy) is 1. The van der Waals surface area contributed by atoms with Crippen LogP contribution in [0.25, 0.3) is 16.7 Å². The Morgan fingerprint density at radius 3 is 3.00 bits per heavy atom. The Labute approximate surface area is 74.9 Å². The molecule has 0 aliphatic rings. The third kappa shape index (κ3) is 0.710. The van der Waals surface area contributed by atoms with E-state index in [1.165, 1.54) is 0 Å². The molecule has 3 nitrogen and oxygen atoms in total. The van der Waals surface area contributed by atoms with Gasteiger partial charge in [0.25, 0.3) is 0 Å². The highest BCUT2D eigenvalue weighted by molar-refractivity contribution is 5.75. The van der Waals surface area contributed by atoms with Crippen molar-refractivity contribution < 1.29 is 4.74 Å². The summed E-state index contributed by atoms with van der Waals surface area (Å²) in [6.45, 7) is 0. The molecule has 0 unspecified atom stereocenters. The molecule has 0 atom stereocenters. The van der Waals surface area contributed by atoms with Crippen molar-refractivity contribution in [1.29, 1.82) is 0 Å². The first-order chi connectivity index (χ1) is 6.40. The summed E-state index contributed by atoms with van der Waals surface area (Å²) in [5.74, 6) is 0.696. The molecular formula is C10H8N2O. The number of hydrogen-bond donors (Lipinski definition) is 0. The summed E-state index contributed by atoms with van der Waals surface area (Å²) < 4.78 is 7.25. The van der Waals surface area contributed by atoms with Crippen LogP contribution in [-0.2, 0) is 0 Å². The third-order valence-corrected chi connectivity index (χ3v) is 2.28. The van der Waals surface area contributed by atoms with Gasteiger partial charge in [0.15, 0.2) is 0 Å². The van der Waals surface area contributed by atoms with E-state index >= 15 is 0 Å². The normalized spacial score (nSPS) is 11.5. The fourth-order valence-electron chi connectivity index (χ4n) is 1.71. The van der Waals surface area contributed by atoms with Crippen LogP contribution in [0.15, 0.2) is 30.3 Å². The van der Waals surface area contributed by atoms with E-state index in [4.69, 9.17) is 4.74 Å². The molecule has 0 fully saturated rings. The van der Waals surface area contributed by atoms with Crippen LogP contribution in [0.3, 0.4) is 0 Å². The lowest BCUT2D eigenvalue weighted by molar-refractivity contribution is 0.405. The average Bonchev–Trinajstić information content (AvgIpc) is 2.72. The molecule has 0 amide bonds. The predicted octanol–water partition coefficient (Wildman–Crippen LogP) is 1.93. The Morgan fingerprint density at radius 1 is 1.23 bits per heavy atom. The molecule has 0 aliphatic carbocycles. The summed E-state index contributed by atoms with van der Waals surface area (Å²) in [4.78, 5) is 4.33. The standard InChI is InChI=1S/C10H8N2O/c1-13-10-8-4-2-3-7-5-6-9(11-10)12(7)8/h2-6H,1H3. The summed E-state index contributed by atoms with van der Waals surface area (Å²) in [5, 5.41) is 0. The van der Waals surface area contributed by atoms with E-state index in [0.717, 1.165) is 16.7 Å². The second kappa shape index (κ2) is 2.13. The number of methoxy groups -OCH3 is 1. The minimum absolute atomic E-state index is 0.696. The van der Waals surface area contributed by atoms with Crippen molar-refractivity contribution in [2.45, 2.75) is 0 Å². The quantitative estimate of drug-likeness (QED) is 0.560. The lowest BCUT2D eigenvalue weighted by Crippen LogP contribution is -1.84. The molecule has 3 heterocycles. The monoisotopic (exact) mass is 172 g/mol. The fraction of sp³-hybridized carbons (Fsp3) is 0.100. The van der Waals surface area contributed by atoms with Crippen molar-refractivity contribution in [2.24, 2.45) is 0 Å². The maximum Gasteiger partial charge on any atom is 0.240 e. The molecule has 0 radical (unpaired) electrons. The highest BCUT2D eigenvalue weighted by Crippen LogP contribution is 2.25. The van der Waals surface area contributed by atoms with Crippen molar-refractivity contribution >= 4 is 16.7 Å². The van der Waals surface area contributed by atoms with Crippen LogP contribution in [0.4, 0.5) is 0 Å². The summed E-state index contributed by atoms with van der Waals surface area (Å²) in [6, 6.07) is 10.1. The maximum absolute atomic E-state index is 5.17. The van der Waals surface area contributed by atoms with Gasteiger partial charge in [-0.15, -0.1) is 0 Å². The Bertz CT molecular complexity index is 550. The van der Waals surface area contributed by atoms with Gasteiger partial charge in [-0.25, -0.2) is 0 Å². The Kier molecular flexibility index (Phi) is 1.10. The zero-order valence-electron chi connectivity index (χ0n) is 7.19. The number of imidazole rings is 1.